The Hall–Kier alpha value is -10.0. The van der Waals surface area contributed by atoms with Crippen LogP contribution in [0.4, 0.5) is 0 Å². The van der Waals surface area contributed by atoms with Gasteiger partial charge >= 0.3 is 0 Å². The van der Waals surface area contributed by atoms with Crippen LogP contribution in [-0.4, -0.2) is 9.13 Å². The summed E-state index contributed by atoms with van der Waals surface area (Å²) >= 11 is 0. The normalized spacial score (nSPS) is 13.6. The van der Waals surface area contributed by atoms with Gasteiger partial charge in [0.15, 0.2) is 0 Å². The smallest absolute Gasteiger partial charge is 0.103 e. The monoisotopic (exact) mass is 938 g/mol. The molecular formula is C70H42N4. The van der Waals surface area contributed by atoms with Crippen molar-refractivity contribution in [1.29, 1.82) is 10.5 Å². The number of fused-ring (bicyclic) bond motifs is 14. The molecule has 2 aromatic heterocycles. The lowest BCUT2D eigenvalue weighted by Crippen LogP contribution is -2.28. The molecule has 13 aromatic rings. The third kappa shape index (κ3) is 5.28. The number of nitrogens with zero attached hydrogens (tertiary/aromatic N) is 4. The van der Waals surface area contributed by atoms with Gasteiger partial charge in [0.2, 0.25) is 0 Å². The number of rotatable bonds is 6. The van der Waals surface area contributed by atoms with Crippen LogP contribution in [0, 0.1) is 22.7 Å². The molecule has 11 aromatic carbocycles. The number of hydrogen-bond donors (Lipinski definition) is 0. The highest BCUT2D eigenvalue weighted by Crippen LogP contribution is 2.61. The van der Waals surface area contributed by atoms with Crippen LogP contribution in [0.5, 0.6) is 0 Å². The first kappa shape index (κ1) is 41.8. The zero-order chi connectivity index (χ0) is 49.1. The highest BCUT2D eigenvalue weighted by molar-refractivity contribution is 6.19. The fraction of sp³-hybridized carbons (Fsp3) is 0.0286. The first-order chi connectivity index (χ1) is 36.7. The van der Waals surface area contributed by atoms with E-state index in [-0.39, 0.29) is 0 Å². The van der Waals surface area contributed by atoms with Crippen molar-refractivity contribution in [3.8, 4) is 45.8 Å². The Morgan fingerprint density at radius 1 is 0.311 bits per heavy atom. The molecule has 2 aliphatic carbocycles. The van der Waals surface area contributed by atoms with Crippen molar-refractivity contribution in [2.24, 2.45) is 0 Å². The molecule has 0 fully saturated rings. The lowest BCUT2D eigenvalue weighted by Gasteiger charge is -2.34. The quantitative estimate of drug-likeness (QED) is 0.167. The van der Waals surface area contributed by atoms with Gasteiger partial charge < -0.3 is 9.13 Å². The van der Waals surface area contributed by atoms with Gasteiger partial charge in [0.1, 0.15) is 12.1 Å². The van der Waals surface area contributed by atoms with Crippen LogP contribution in [0.3, 0.4) is 0 Å². The second kappa shape index (κ2) is 15.8. The Labute approximate surface area is 428 Å². The maximum atomic E-state index is 11.7. The van der Waals surface area contributed by atoms with Crippen LogP contribution < -0.4 is 0 Å². The Kier molecular flexibility index (Phi) is 8.89. The van der Waals surface area contributed by atoms with E-state index in [2.05, 4.69) is 270 Å². The molecule has 0 spiro atoms. The van der Waals surface area contributed by atoms with E-state index in [1.165, 1.54) is 38.9 Å². The van der Waals surface area contributed by atoms with Crippen LogP contribution >= 0.6 is 0 Å². The van der Waals surface area contributed by atoms with Crippen molar-refractivity contribution in [1.82, 2.24) is 9.13 Å². The summed E-state index contributed by atoms with van der Waals surface area (Å²) in [4.78, 5) is 0. The molecule has 0 bridgehead atoms. The van der Waals surface area contributed by atoms with E-state index in [1.54, 1.807) is 0 Å². The van der Waals surface area contributed by atoms with Gasteiger partial charge in [0, 0.05) is 32.7 Å². The van der Waals surface area contributed by atoms with Gasteiger partial charge in [-0.25, -0.2) is 0 Å². The molecule has 2 aliphatic rings. The third-order valence-electron chi connectivity index (χ3n) is 16.4. The van der Waals surface area contributed by atoms with Gasteiger partial charge in [-0.05, 0) is 79.9 Å². The number of para-hydroxylation sites is 2. The van der Waals surface area contributed by atoms with Gasteiger partial charge in [0.05, 0.1) is 55.4 Å². The van der Waals surface area contributed by atoms with E-state index in [1.807, 2.05) is 6.07 Å². The van der Waals surface area contributed by atoms with Gasteiger partial charge in [-0.15, -0.1) is 0 Å². The topological polar surface area (TPSA) is 57.4 Å². The summed E-state index contributed by atoms with van der Waals surface area (Å²) in [6.07, 6.45) is 0. The molecule has 0 aliphatic heterocycles. The highest BCUT2D eigenvalue weighted by Gasteiger charge is 2.49. The number of benzene rings is 11. The predicted molar refractivity (Wildman–Crippen MR) is 299 cm³/mol. The Balaban J connectivity index is 1.14. The minimum atomic E-state index is -0.663. The molecule has 0 amide bonds. The summed E-state index contributed by atoms with van der Waals surface area (Å²) < 4.78 is 4.73. The minimum Gasteiger partial charge on any atom is -0.306 e. The van der Waals surface area contributed by atoms with E-state index in [4.69, 9.17) is 0 Å². The van der Waals surface area contributed by atoms with Crippen molar-refractivity contribution in [2.45, 2.75) is 10.8 Å². The molecule has 0 saturated carbocycles. The molecule has 74 heavy (non-hydrogen) atoms. The van der Waals surface area contributed by atoms with Crippen LogP contribution in [-0.2, 0) is 10.8 Å². The molecule has 0 radical (unpaired) electrons. The van der Waals surface area contributed by atoms with Crippen molar-refractivity contribution >= 4 is 43.6 Å². The molecule has 0 atom stereocenters. The second-order valence-electron chi connectivity index (χ2n) is 19.6. The van der Waals surface area contributed by atoms with E-state index in [0.29, 0.717) is 16.8 Å². The van der Waals surface area contributed by atoms with Crippen molar-refractivity contribution in [3.05, 3.63) is 310 Å². The summed E-state index contributed by atoms with van der Waals surface area (Å²) in [6, 6.07) is 96.9. The summed E-state index contributed by atoms with van der Waals surface area (Å²) in [6.45, 7) is 0. The average Bonchev–Trinajstić information content (AvgIpc) is 4.31. The van der Waals surface area contributed by atoms with Gasteiger partial charge in [0.25, 0.3) is 0 Å². The van der Waals surface area contributed by atoms with E-state index in [9.17, 15) is 10.5 Å². The zero-order valence-corrected chi connectivity index (χ0v) is 40.0. The number of nitriles is 2. The molecular weight excluding hydrogens is 897 g/mol. The molecule has 0 N–H and O–H groups in total. The van der Waals surface area contributed by atoms with E-state index >= 15 is 0 Å². The summed E-state index contributed by atoms with van der Waals surface area (Å²) in [7, 11) is 0. The maximum Gasteiger partial charge on any atom is 0.103 e. The SMILES string of the molecule is N#Cc1ccc(-n2c3ccccc3c3ccc4c(c32)-c2ccccc2C4(c2ccccc2)c2ccccc2)c(-n2c3ccccc3c3ccc4c(c32)-c2ccccc2C4(c2ccccc2)c2ccccc2)c1C#N. The standard InChI is InChI=1S/C70H42N4/c71-43-45-37-42-63(73-61-35-19-15-29-50(61)52-38-40-59-64(67(52)73)54-31-13-17-33-57(54)69(59,46-21-5-1-6-22-46)47-23-7-2-8-24-47)66(56(45)44-72)74-62-36-20-16-30-51(62)53-39-41-60-65(68(53)74)55-32-14-18-34-58(55)70(60,48-25-9-3-10-26-48)49-27-11-4-12-28-49/h1-42H. The average molecular weight is 939 g/mol. The minimum absolute atomic E-state index is 0.316. The highest BCUT2D eigenvalue weighted by atomic mass is 15.1. The fourth-order valence-corrected chi connectivity index (χ4v) is 13.6. The first-order valence-corrected chi connectivity index (χ1v) is 25.2. The lowest BCUT2D eigenvalue weighted by molar-refractivity contribution is 0.769. The Bertz CT molecular complexity index is 4470. The molecule has 2 heterocycles. The van der Waals surface area contributed by atoms with E-state index < -0.39 is 10.8 Å². The molecule has 15 rings (SSSR count). The first-order valence-electron chi connectivity index (χ1n) is 25.2. The fourth-order valence-electron chi connectivity index (χ4n) is 13.6. The van der Waals surface area contributed by atoms with Crippen LogP contribution in [0.1, 0.15) is 55.6 Å². The van der Waals surface area contributed by atoms with Crippen LogP contribution in [0.25, 0.3) is 77.2 Å². The Morgan fingerprint density at radius 2 is 0.703 bits per heavy atom. The van der Waals surface area contributed by atoms with Crippen molar-refractivity contribution in [3.63, 3.8) is 0 Å². The van der Waals surface area contributed by atoms with Crippen molar-refractivity contribution < 1.29 is 0 Å². The third-order valence-corrected chi connectivity index (χ3v) is 16.4. The largest absolute Gasteiger partial charge is 0.306 e. The summed E-state index contributed by atoms with van der Waals surface area (Å²) in [5.74, 6) is 0. The van der Waals surface area contributed by atoms with Crippen LogP contribution in [0.15, 0.2) is 255 Å². The predicted octanol–water partition coefficient (Wildman–Crippen LogP) is 16.4. The number of hydrogen-bond acceptors (Lipinski definition) is 2. The molecule has 342 valence electrons. The Morgan fingerprint density at radius 3 is 1.15 bits per heavy atom. The van der Waals surface area contributed by atoms with Gasteiger partial charge in [-0.1, -0.05) is 231 Å². The summed E-state index contributed by atoms with van der Waals surface area (Å²) in [5.41, 5.74) is 18.8. The molecule has 0 saturated heterocycles. The van der Waals surface area contributed by atoms with Crippen LogP contribution in [0.2, 0.25) is 0 Å². The molecule has 0 unspecified atom stereocenters. The van der Waals surface area contributed by atoms with Gasteiger partial charge in [-0.2, -0.15) is 10.5 Å². The molecule has 4 heteroatoms. The summed E-state index contributed by atoms with van der Waals surface area (Å²) in [5, 5.41) is 27.1. The molecule has 4 nitrogen and oxygen atoms in total. The lowest BCUT2D eigenvalue weighted by atomic mass is 9.67. The maximum absolute atomic E-state index is 11.7. The van der Waals surface area contributed by atoms with E-state index in [0.717, 1.165) is 77.1 Å². The zero-order valence-electron chi connectivity index (χ0n) is 40.0. The number of aromatic nitrogens is 2. The van der Waals surface area contributed by atoms with Gasteiger partial charge in [-0.3, -0.25) is 0 Å². The van der Waals surface area contributed by atoms with Crippen molar-refractivity contribution in [2.75, 3.05) is 0 Å². The second-order valence-corrected chi connectivity index (χ2v) is 19.6.